The van der Waals surface area contributed by atoms with Crippen molar-refractivity contribution in [2.45, 2.75) is 38.6 Å². The zero-order valence-electron chi connectivity index (χ0n) is 17.9. The van der Waals surface area contributed by atoms with Crippen LogP contribution in [0.1, 0.15) is 31.9 Å². The van der Waals surface area contributed by atoms with E-state index in [9.17, 15) is 14.4 Å². The summed E-state index contributed by atoms with van der Waals surface area (Å²) in [5.74, 6) is -0.812. The highest BCUT2D eigenvalue weighted by atomic mass is 16.2. The molecule has 3 N–H and O–H groups in total. The number of carbonyl (C=O) groups is 3. The Hall–Kier alpha value is -3.61. The second-order valence-corrected chi connectivity index (χ2v) is 8.87. The van der Waals surface area contributed by atoms with E-state index in [0.29, 0.717) is 12.1 Å². The summed E-state index contributed by atoms with van der Waals surface area (Å²) in [6, 6.07) is 14.1. The Morgan fingerprint density at radius 3 is 2.48 bits per heavy atom. The molecule has 1 aromatic heterocycles. The van der Waals surface area contributed by atoms with E-state index in [1.54, 1.807) is 0 Å². The Kier molecular flexibility index (Phi) is 5.27. The number of urea groups is 1. The van der Waals surface area contributed by atoms with Gasteiger partial charge in [0, 0.05) is 29.2 Å². The van der Waals surface area contributed by atoms with Crippen LogP contribution in [0.15, 0.2) is 54.7 Å². The highest BCUT2D eigenvalue weighted by Gasteiger charge is 2.39. The lowest BCUT2D eigenvalue weighted by molar-refractivity contribution is -0.130. The van der Waals surface area contributed by atoms with Crippen molar-refractivity contribution in [3.05, 3.63) is 65.9 Å². The number of anilines is 1. The van der Waals surface area contributed by atoms with Crippen LogP contribution in [0.5, 0.6) is 0 Å². The minimum Gasteiger partial charge on any atom is -0.361 e. The molecule has 0 unspecified atom stereocenters. The number of nitrogens with zero attached hydrogens (tertiary/aromatic N) is 1. The first kappa shape index (κ1) is 20.7. The number of hydrogen-bond donors (Lipinski definition) is 3. The standard InChI is InChI=1S/C24H26N4O3/c1-24(2,3)16-8-10-17(11-9-16)26-21(29)14-28-22(30)20(27-23(28)31)12-15-13-25-19-7-5-4-6-18(15)19/h4-11,13,20,25H,12,14H2,1-3H3,(H,26,29)(H,27,31)/t20-/m1/s1. The van der Waals surface area contributed by atoms with Crippen LogP contribution < -0.4 is 10.6 Å². The van der Waals surface area contributed by atoms with Crippen molar-refractivity contribution in [3.63, 3.8) is 0 Å². The van der Waals surface area contributed by atoms with Crippen LogP contribution in [-0.2, 0) is 21.4 Å². The van der Waals surface area contributed by atoms with E-state index in [1.165, 1.54) is 0 Å². The normalized spacial score (nSPS) is 16.6. The van der Waals surface area contributed by atoms with Crippen molar-refractivity contribution in [2.75, 3.05) is 11.9 Å². The lowest BCUT2D eigenvalue weighted by atomic mass is 9.87. The smallest absolute Gasteiger partial charge is 0.325 e. The average Bonchev–Trinajstić information content (AvgIpc) is 3.24. The van der Waals surface area contributed by atoms with Gasteiger partial charge in [-0.05, 0) is 34.7 Å². The summed E-state index contributed by atoms with van der Waals surface area (Å²) in [6.45, 7) is 6.02. The molecule has 0 radical (unpaired) electrons. The number of aromatic amines is 1. The van der Waals surface area contributed by atoms with Crippen molar-refractivity contribution >= 4 is 34.4 Å². The molecular formula is C24H26N4O3. The molecule has 4 amide bonds. The van der Waals surface area contributed by atoms with Gasteiger partial charge in [-0.2, -0.15) is 0 Å². The van der Waals surface area contributed by atoms with Gasteiger partial charge in [-0.25, -0.2) is 4.79 Å². The van der Waals surface area contributed by atoms with Crippen molar-refractivity contribution in [3.8, 4) is 0 Å². The molecule has 1 atom stereocenters. The molecule has 7 heteroatoms. The number of para-hydroxylation sites is 1. The van der Waals surface area contributed by atoms with E-state index in [1.807, 2.05) is 54.7 Å². The molecule has 0 bridgehead atoms. The van der Waals surface area contributed by atoms with Crippen LogP contribution in [0.3, 0.4) is 0 Å². The molecule has 1 aliphatic rings. The Balaban J connectivity index is 1.39. The van der Waals surface area contributed by atoms with E-state index in [2.05, 4.69) is 36.4 Å². The van der Waals surface area contributed by atoms with Crippen LogP contribution in [0.2, 0.25) is 0 Å². The van der Waals surface area contributed by atoms with Crippen molar-refractivity contribution in [1.29, 1.82) is 0 Å². The molecule has 4 rings (SSSR count). The Bertz CT molecular complexity index is 1140. The number of amides is 4. The maximum atomic E-state index is 12.8. The van der Waals surface area contributed by atoms with Crippen molar-refractivity contribution in [2.24, 2.45) is 0 Å². The van der Waals surface area contributed by atoms with Crippen molar-refractivity contribution in [1.82, 2.24) is 15.2 Å². The maximum absolute atomic E-state index is 12.8. The summed E-state index contributed by atoms with van der Waals surface area (Å²) in [5, 5.41) is 6.46. The quantitative estimate of drug-likeness (QED) is 0.553. The molecule has 2 aromatic carbocycles. The lowest BCUT2D eigenvalue weighted by Crippen LogP contribution is -2.38. The maximum Gasteiger partial charge on any atom is 0.325 e. The number of aromatic nitrogens is 1. The predicted molar refractivity (Wildman–Crippen MR) is 120 cm³/mol. The van der Waals surface area contributed by atoms with Gasteiger partial charge in [-0.3, -0.25) is 14.5 Å². The van der Waals surface area contributed by atoms with E-state index in [0.717, 1.165) is 26.9 Å². The molecule has 7 nitrogen and oxygen atoms in total. The van der Waals surface area contributed by atoms with Crippen LogP contribution in [0.4, 0.5) is 10.5 Å². The minimum absolute atomic E-state index is 0.0163. The first-order valence-electron chi connectivity index (χ1n) is 10.3. The van der Waals surface area contributed by atoms with Crippen LogP contribution in [-0.4, -0.2) is 40.3 Å². The largest absolute Gasteiger partial charge is 0.361 e. The molecule has 0 aliphatic carbocycles. The van der Waals surface area contributed by atoms with Gasteiger partial charge in [0.1, 0.15) is 12.6 Å². The number of rotatable bonds is 5. The molecule has 31 heavy (non-hydrogen) atoms. The number of carbonyl (C=O) groups excluding carboxylic acids is 3. The van der Waals surface area contributed by atoms with Gasteiger partial charge >= 0.3 is 6.03 Å². The van der Waals surface area contributed by atoms with Gasteiger partial charge in [0.25, 0.3) is 5.91 Å². The summed E-state index contributed by atoms with van der Waals surface area (Å²) in [6.07, 6.45) is 2.21. The SMILES string of the molecule is CC(C)(C)c1ccc(NC(=O)CN2C(=O)N[C@H](Cc3c[nH]c4ccccc34)C2=O)cc1. The third-order valence-electron chi connectivity index (χ3n) is 5.54. The fourth-order valence-corrected chi connectivity index (χ4v) is 3.78. The van der Waals surface area contributed by atoms with E-state index >= 15 is 0 Å². The average molecular weight is 418 g/mol. The molecule has 1 aliphatic heterocycles. The third-order valence-corrected chi connectivity index (χ3v) is 5.54. The van der Waals surface area contributed by atoms with Crippen LogP contribution in [0.25, 0.3) is 10.9 Å². The predicted octanol–water partition coefficient (Wildman–Crippen LogP) is 3.57. The summed E-state index contributed by atoms with van der Waals surface area (Å²) >= 11 is 0. The van der Waals surface area contributed by atoms with E-state index in [4.69, 9.17) is 0 Å². The van der Waals surface area contributed by atoms with Gasteiger partial charge in [0.2, 0.25) is 5.91 Å². The third kappa shape index (κ3) is 4.30. The van der Waals surface area contributed by atoms with Gasteiger partial charge in [-0.15, -0.1) is 0 Å². The molecule has 1 fully saturated rings. The Morgan fingerprint density at radius 2 is 1.77 bits per heavy atom. The highest BCUT2D eigenvalue weighted by Crippen LogP contribution is 2.24. The minimum atomic E-state index is -0.689. The number of imide groups is 1. The van der Waals surface area contributed by atoms with E-state index < -0.39 is 23.9 Å². The number of fused-ring (bicyclic) bond motifs is 1. The zero-order valence-corrected chi connectivity index (χ0v) is 17.9. The number of nitrogens with one attached hydrogen (secondary N) is 3. The molecule has 2 heterocycles. The molecular weight excluding hydrogens is 392 g/mol. The summed E-state index contributed by atoms with van der Waals surface area (Å²) in [4.78, 5) is 41.7. The summed E-state index contributed by atoms with van der Waals surface area (Å²) < 4.78 is 0. The van der Waals surface area contributed by atoms with Gasteiger partial charge < -0.3 is 15.6 Å². The molecule has 1 saturated heterocycles. The van der Waals surface area contributed by atoms with Crippen LogP contribution in [0, 0.1) is 0 Å². The number of hydrogen-bond acceptors (Lipinski definition) is 3. The first-order chi connectivity index (χ1) is 14.7. The molecule has 3 aromatic rings. The second kappa shape index (κ2) is 7.91. The molecule has 160 valence electrons. The topological polar surface area (TPSA) is 94.3 Å². The second-order valence-electron chi connectivity index (χ2n) is 8.87. The lowest BCUT2D eigenvalue weighted by Gasteiger charge is -2.19. The highest BCUT2D eigenvalue weighted by molar-refractivity contribution is 6.08. The fraction of sp³-hybridized carbons (Fsp3) is 0.292. The van der Waals surface area contributed by atoms with Gasteiger partial charge in [0.05, 0.1) is 0 Å². The van der Waals surface area contributed by atoms with Gasteiger partial charge in [-0.1, -0.05) is 51.1 Å². The van der Waals surface area contributed by atoms with Gasteiger partial charge in [0.15, 0.2) is 0 Å². The summed E-state index contributed by atoms with van der Waals surface area (Å²) in [5.41, 5.74) is 3.71. The zero-order chi connectivity index (χ0) is 22.2. The monoisotopic (exact) mass is 418 g/mol. The van der Waals surface area contributed by atoms with E-state index in [-0.39, 0.29) is 12.0 Å². The van der Waals surface area contributed by atoms with Crippen molar-refractivity contribution < 1.29 is 14.4 Å². The molecule has 0 saturated carbocycles. The van der Waals surface area contributed by atoms with Crippen LogP contribution >= 0.6 is 0 Å². The summed E-state index contributed by atoms with van der Waals surface area (Å²) in [7, 11) is 0. The Labute approximate surface area is 180 Å². The number of benzene rings is 2. The fourth-order valence-electron chi connectivity index (χ4n) is 3.78. The first-order valence-corrected chi connectivity index (χ1v) is 10.3. The number of H-pyrrole nitrogens is 1. The Morgan fingerprint density at radius 1 is 1.06 bits per heavy atom. The molecule has 0 spiro atoms.